The average Bonchev–Trinajstić information content (AvgIpc) is 3.07. The van der Waals surface area contributed by atoms with Crippen LogP contribution in [0.25, 0.3) is 10.9 Å². The molecule has 1 saturated heterocycles. The summed E-state index contributed by atoms with van der Waals surface area (Å²) >= 11 is 0. The number of carbonyl (C=O) groups is 1. The van der Waals surface area contributed by atoms with Gasteiger partial charge in [0.05, 0.1) is 22.7 Å². The molecule has 1 aliphatic rings. The standard InChI is InChI=1S/C20H20N4O3S/c1-24(16-8-11-28(26,27)13-16)15-7-10-21-18(12-15)20(25)23-17-6-2-4-14-5-3-9-22-19(14)17/h2-7,9-10,12,16H,8,11,13H2,1H3,(H,23,25). The highest BCUT2D eigenvalue weighted by Crippen LogP contribution is 2.24. The number of anilines is 2. The number of para-hydroxylation sites is 1. The molecule has 1 amide bonds. The molecule has 3 aromatic rings. The highest BCUT2D eigenvalue weighted by atomic mass is 32.2. The number of sulfone groups is 1. The number of benzene rings is 1. The minimum Gasteiger partial charge on any atom is -0.370 e. The van der Waals surface area contributed by atoms with Gasteiger partial charge in [0, 0.05) is 36.6 Å². The lowest BCUT2D eigenvalue weighted by Gasteiger charge is -2.25. The molecule has 1 unspecified atom stereocenters. The van der Waals surface area contributed by atoms with E-state index >= 15 is 0 Å². The van der Waals surface area contributed by atoms with Crippen LogP contribution in [0, 0.1) is 0 Å². The molecule has 7 nitrogen and oxygen atoms in total. The highest BCUT2D eigenvalue weighted by Gasteiger charge is 2.31. The van der Waals surface area contributed by atoms with Gasteiger partial charge in [0.1, 0.15) is 5.69 Å². The molecule has 144 valence electrons. The lowest BCUT2D eigenvalue weighted by Crippen LogP contribution is -2.32. The SMILES string of the molecule is CN(c1ccnc(C(=O)Nc2cccc3cccnc23)c1)C1CCS(=O)(=O)C1. The van der Waals surface area contributed by atoms with Crippen LogP contribution in [0.4, 0.5) is 11.4 Å². The van der Waals surface area contributed by atoms with Gasteiger partial charge in [0.2, 0.25) is 0 Å². The lowest BCUT2D eigenvalue weighted by molar-refractivity contribution is 0.102. The van der Waals surface area contributed by atoms with E-state index in [1.165, 1.54) is 0 Å². The van der Waals surface area contributed by atoms with Crippen molar-refractivity contribution in [1.29, 1.82) is 0 Å². The second-order valence-corrected chi connectivity index (χ2v) is 9.13. The topological polar surface area (TPSA) is 92.3 Å². The molecule has 0 spiro atoms. The number of nitrogens with one attached hydrogen (secondary N) is 1. The zero-order chi connectivity index (χ0) is 19.7. The van der Waals surface area contributed by atoms with Crippen LogP contribution < -0.4 is 10.2 Å². The molecule has 1 N–H and O–H groups in total. The molecular formula is C20H20N4O3S. The van der Waals surface area contributed by atoms with Gasteiger partial charge in [0.25, 0.3) is 5.91 Å². The molecule has 1 aliphatic heterocycles. The summed E-state index contributed by atoms with van der Waals surface area (Å²) in [4.78, 5) is 23.2. The third kappa shape index (κ3) is 3.68. The van der Waals surface area contributed by atoms with Gasteiger partial charge in [-0.05, 0) is 30.7 Å². The molecule has 0 radical (unpaired) electrons. The number of fused-ring (bicyclic) bond motifs is 1. The summed E-state index contributed by atoms with van der Waals surface area (Å²) in [6, 6.07) is 12.7. The van der Waals surface area contributed by atoms with Crippen molar-refractivity contribution in [3.05, 3.63) is 60.6 Å². The number of hydrogen-bond acceptors (Lipinski definition) is 6. The van der Waals surface area contributed by atoms with Crippen LogP contribution in [0.5, 0.6) is 0 Å². The van der Waals surface area contributed by atoms with Crippen LogP contribution in [-0.4, -0.2) is 48.9 Å². The Labute approximate surface area is 163 Å². The smallest absolute Gasteiger partial charge is 0.274 e. The van der Waals surface area contributed by atoms with Crippen molar-refractivity contribution in [2.24, 2.45) is 0 Å². The number of nitrogens with zero attached hydrogens (tertiary/aromatic N) is 3. The van der Waals surface area contributed by atoms with E-state index < -0.39 is 9.84 Å². The Bertz CT molecular complexity index is 1140. The Hall–Kier alpha value is -3.00. The molecule has 0 bridgehead atoms. The van der Waals surface area contributed by atoms with Gasteiger partial charge in [-0.25, -0.2) is 8.42 Å². The van der Waals surface area contributed by atoms with Crippen molar-refractivity contribution in [3.8, 4) is 0 Å². The van der Waals surface area contributed by atoms with Crippen LogP contribution in [0.2, 0.25) is 0 Å². The predicted molar refractivity (Wildman–Crippen MR) is 109 cm³/mol. The molecule has 1 aromatic carbocycles. The van der Waals surface area contributed by atoms with Crippen LogP contribution in [0.3, 0.4) is 0 Å². The first-order valence-electron chi connectivity index (χ1n) is 8.97. The van der Waals surface area contributed by atoms with E-state index in [4.69, 9.17) is 0 Å². The molecule has 3 heterocycles. The zero-order valence-corrected chi connectivity index (χ0v) is 16.2. The molecule has 0 aliphatic carbocycles. The van der Waals surface area contributed by atoms with Crippen molar-refractivity contribution in [3.63, 3.8) is 0 Å². The predicted octanol–water partition coefficient (Wildman–Crippen LogP) is 2.51. The molecule has 1 fully saturated rings. The Balaban J connectivity index is 1.56. The Morgan fingerprint density at radius 1 is 1.14 bits per heavy atom. The minimum atomic E-state index is -2.98. The van der Waals surface area contributed by atoms with Gasteiger partial charge in [-0.2, -0.15) is 0 Å². The Morgan fingerprint density at radius 2 is 1.96 bits per heavy atom. The summed E-state index contributed by atoms with van der Waals surface area (Å²) in [7, 11) is -1.14. The van der Waals surface area contributed by atoms with E-state index in [0.29, 0.717) is 17.6 Å². The third-order valence-electron chi connectivity index (χ3n) is 5.02. The zero-order valence-electron chi connectivity index (χ0n) is 15.4. The minimum absolute atomic E-state index is 0.0921. The normalized spacial score (nSPS) is 18.1. The first-order valence-corrected chi connectivity index (χ1v) is 10.8. The summed E-state index contributed by atoms with van der Waals surface area (Å²) in [5.41, 5.74) is 2.35. The van der Waals surface area contributed by atoms with Crippen LogP contribution >= 0.6 is 0 Å². The van der Waals surface area contributed by atoms with Crippen molar-refractivity contribution in [2.45, 2.75) is 12.5 Å². The number of amides is 1. The summed E-state index contributed by atoms with van der Waals surface area (Å²) in [6.07, 6.45) is 3.83. The second-order valence-electron chi connectivity index (χ2n) is 6.90. The number of aromatic nitrogens is 2. The van der Waals surface area contributed by atoms with Gasteiger partial charge in [-0.1, -0.05) is 18.2 Å². The number of rotatable bonds is 4. The van der Waals surface area contributed by atoms with E-state index in [1.807, 2.05) is 36.2 Å². The Morgan fingerprint density at radius 3 is 2.75 bits per heavy atom. The second kappa shape index (κ2) is 7.20. The van der Waals surface area contributed by atoms with Crippen LogP contribution in [-0.2, 0) is 9.84 Å². The van der Waals surface area contributed by atoms with Crippen molar-refractivity contribution >= 4 is 38.0 Å². The van der Waals surface area contributed by atoms with Crippen LogP contribution in [0.15, 0.2) is 54.9 Å². The van der Waals surface area contributed by atoms with Crippen molar-refractivity contribution in [1.82, 2.24) is 9.97 Å². The van der Waals surface area contributed by atoms with Gasteiger partial charge in [-0.15, -0.1) is 0 Å². The fourth-order valence-corrected chi connectivity index (χ4v) is 5.22. The fourth-order valence-electron chi connectivity index (χ4n) is 3.45. The van der Waals surface area contributed by atoms with E-state index in [9.17, 15) is 13.2 Å². The maximum atomic E-state index is 12.7. The molecule has 1 atom stereocenters. The van der Waals surface area contributed by atoms with Gasteiger partial charge in [0.15, 0.2) is 9.84 Å². The Kier molecular flexibility index (Phi) is 4.72. The quantitative estimate of drug-likeness (QED) is 0.728. The summed E-state index contributed by atoms with van der Waals surface area (Å²) in [6.45, 7) is 0. The molecule has 0 saturated carbocycles. The highest BCUT2D eigenvalue weighted by molar-refractivity contribution is 7.91. The maximum Gasteiger partial charge on any atom is 0.274 e. The maximum absolute atomic E-state index is 12.7. The number of pyridine rings is 2. The number of hydrogen-bond donors (Lipinski definition) is 1. The van der Waals surface area contributed by atoms with Crippen LogP contribution in [0.1, 0.15) is 16.9 Å². The lowest BCUT2D eigenvalue weighted by atomic mass is 10.2. The summed E-state index contributed by atoms with van der Waals surface area (Å²) in [5.74, 6) is -0.00348. The summed E-state index contributed by atoms with van der Waals surface area (Å²) in [5, 5.41) is 3.81. The van der Waals surface area contributed by atoms with E-state index in [2.05, 4.69) is 15.3 Å². The molecule has 8 heteroatoms. The van der Waals surface area contributed by atoms with Gasteiger partial charge in [-0.3, -0.25) is 14.8 Å². The largest absolute Gasteiger partial charge is 0.370 e. The van der Waals surface area contributed by atoms with E-state index in [0.717, 1.165) is 11.1 Å². The van der Waals surface area contributed by atoms with E-state index in [1.54, 1.807) is 30.6 Å². The average molecular weight is 396 g/mol. The monoisotopic (exact) mass is 396 g/mol. The first kappa shape index (κ1) is 18.4. The third-order valence-corrected chi connectivity index (χ3v) is 6.77. The molecule has 4 rings (SSSR count). The molecular weight excluding hydrogens is 376 g/mol. The molecule has 28 heavy (non-hydrogen) atoms. The first-order chi connectivity index (χ1) is 13.4. The van der Waals surface area contributed by atoms with Gasteiger partial charge >= 0.3 is 0 Å². The van der Waals surface area contributed by atoms with E-state index in [-0.39, 0.29) is 29.1 Å². The van der Waals surface area contributed by atoms with Gasteiger partial charge < -0.3 is 10.2 Å². The fraction of sp³-hybridized carbons (Fsp3) is 0.250. The van der Waals surface area contributed by atoms with Crippen molar-refractivity contribution < 1.29 is 13.2 Å². The van der Waals surface area contributed by atoms with Crippen molar-refractivity contribution in [2.75, 3.05) is 28.8 Å². The molecule has 2 aromatic heterocycles. The number of carbonyl (C=O) groups excluding carboxylic acids is 1. The summed E-state index contributed by atoms with van der Waals surface area (Å²) < 4.78 is 23.5.